The second-order valence-corrected chi connectivity index (χ2v) is 12.8. The van der Waals surface area contributed by atoms with Crippen molar-refractivity contribution in [1.29, 1.82) is 0 Å². The highest BCUT2D eigenvalue weighted by Gasteiger charge is 2.06. The maximum absolute atomic E-state index is 10.7. The molecule has 264 valence electrons. The molecule has 5 heteroatoms. The molecule has 0 aliphatic rings. The monoisotopic (exact) mass is 627 g/mol. The first kappa shape index (κ1) is 51.9. The molecule has 0 aliphatic heterocycles. The van der Waals surface area contributed by atoms with Gasteiger partial charge in [-0.3, -0.25) is 0 Å². The Hall–Kier alpha value is -1.65. The van der Waals surface area contributed by atoms with E-state index in [9.17, 15) is 24.0 Å². The molecule has 0 aromatic heterocycles. The van der Waals surface area contributed by atoms with Crippen LogP contribution < -0.4 is 0 Å². The number of Topliss-reactive ketones (excluding diaryl/α,β-unsaturated/α-hetero) is 5. The minimum Gasteiger partial charge on any atom is -0.300 e. The standard InChI is InChI=1S/C11H22O.C9H18O.2C7H14O.C5H10O/c1-4-6-7-11(5-2)9-8-10(3)12;1-3-4-5-6-7-8-9(2)10;1-6(2)4-5-7(3)8;1-3-4-5-6-7(2)8;1-3-4-5(2)6/h11H,4-9H2,1-3H3;3-8H2,1-2H3;6H,4-5H2,1-3H3;3-6H2,1-2H3;3-4H2,1-2H3. The van der Waals surface area contributed by atoms with Crippen molar-refractivity contribution in [2.45, 2.75) is 212 Å². The fourth-order valence-corrected chi connectivity index (χ4v) is 3.90. The molecule has 0 aromatic carbocycles. The maximum atomic E-state index is 10.7. The summed E-state index contributed by atoms with van der Waals surface area (Å²) in [5, 5.41) is 0. The van der Waals surface area contributed by atoms with E-state index in [1.807, 2.05) is 6.92 Å². The number of ketones is 5. The Kier molecular flexibility index (Phi) is 51.3. The van der Waals surface area contributed by atoms with Gasteiger partial charge < -0.3 is 24.0 Å². The van der Waals surface area contributed by atoms with Crippen LogP contribution in [0, 0.1) is 11.8 Å². The summed E-state index contributed by atoms with van der Waals surface area (Å²) in [6.07, 6.45) is 21.7. The zero-order valence-corrected chi connectivity index (χ0v) is 31.8. The molecule has 0 radical (unpaired) electrons. The Labute approximate surface area is 275 Å². The zero-order chi connectivity index (χ0) is 35.2. The first-order chi connectivity index (χ1) is 20.6. The first-order valence-electron chi connectivity index (χ1n) is 18.1. The summed E-state index contributed by atoms with van der Waals surface area (Å²) in [5.74, 6) is 3.03. The molecule has 0 saturated carbocycles. The summed E-state index contributed by atoms with van der Waals surface area (Å²) in [6, 6.07) is 0. The van der Waals surface area contributed by atoms with Crippen molar-refractivity contribution in [2.75, 3.05) is 0 Å². The highest BCUT2D eigenvalue weighted by atomic mass is 16.1. The molecule has 1 unspecified atom stereocenters. The molecule has 5 nitrogen and oxygen atoms in total. The average molecular weight is 627 g/mol. The van der Waals surface area contributed by atoms with Crippen molar-refractivity contribution < 1.29 is 24.0 Å². The van der Waals surface area contributed by atoms with E-state index in [0.29, 0.717) is 29.1 Å². The lowest BCUT2D eigenvalue weighted by molar-refractivity contribution is -0.118. The molecule has 0 saturated heterocycles. The first-order valence-corrected chi connectivity index (χ1v) is 18.1. The second kappa shape index (κ2) is 43.5. The normalized spacial score (nSPS) is 10.4. The van der Waals surface area contributed by atoms with E-state index in [2.05, 4.69) is 41.5 Å². The molecule has 44 heavy (non-hydrogen) atoms. The van der Waals surface area contributed by atoms with Crippen molar-refractivity contribution in [2.24, 2.45) is 11.8 Å². The second-order valence-electron chi connectivity index (χ2n) is 12.8. The van der Waals surface area contributed by atoms with Crippen LogP contribution in [0.4, 0.5) is 0 Å². The molecular formula is C39H78O5. The number of rotatable bonds is 22. The Bertz CT molecular complexity index is 651. The molecule has 0 fully saturated rings. The average Bonchev–Trinajstić information content (AvgIpc) is 2.93. The van der Waals surface area contributed by atoms with Crippen molar-refractivity contribution in [3.8, 4) is 0 Å². The summed E-state index contributed by atoms with van der Waals surface area (Å²) in [7, 11) is 0. The summed E-state index contributed by atoms with van der Waals surface area (Å²) in [5.41, 5.74) is 0. The van der Waals surface area contributed by atoms with Crippen molar-refractivity contribution in [1.82, 2.24) is 0 Å². The smallest absolute Gasteiger partial charge is 0.129 e. The van der Waals surface area contributed by atoms with Crippen molar-refractivity contribution in [3.05, 3.63) is 0 Å². The van der Waals surface area contributed by atoms with E-state index in [1.54, 1.807) is 34.6 Å². The van der Waals surface area contributed by atoms with Gasteiger partial charge in [-0.05, 0) is 78.6 Å². The van der Waals surface area contributed by atoms with Crippen LogP contribution in [-0.2, 0) is 24.0 Å². The minimum atomic E-state index is 0.289. The third-order valence-electron chi connectivity index (χ3n) is 6.89. The van der Waals surface area contributed by atoms with Gasteiger partial charge in [-0.25, -0.2) is 0 Å². The maximum Gasteiger partial charge on any atom is 0.129 e. The van der Waals surface area contributed by atoms with Gasteiger partial charge in [-0.2, -0.15) is 0 Å². The lowest BCUT2D eigenvalue weighted by atomic mass is 9.94. The van der Waals surface area contributed by atoms with E-state index in [-0.39, 0.29) is 5.78 Å². The fraction of sp³-hybridized carbons (Fsp3) is 0.872. The number of carbonyl (C=O) groups excluding carboxylic acids is 5. The molecule has 0 N–H and O–H groups in total. The molecule has 0 bridgehead atoms. The van der Waals surface area contributed by atoms with E-state index < -0.39 is 0 Å². The van der Waals surface area contributed by atoms with Crippen LogP contribution >= 0.6 is 0 Å². The summed E-state index contributed by atoms with van der Waals surface area (Å²) < 4.78 is 0. The van der Waals surface area contributed by atoms with Crippen LogP contribution in [0.5, 0.6) is 0 Å². The zero-order valence-electron chi connectivity index (χ0n) is 31.8. The highest BCUT2D eigenvalue weighted by molar-refractivity contribution is 5.76. The van der Waals surface area contributed by atoms with Crippen LogP contribution in [0.2, 0.25) is 0 Å². The third-order valence-corrected chi connectivity index (χ3v) is 6.89. The van der Waals surface area contributed by atoms with E-state index in [0.717, 1.165) is 70.1 Å². The van der Waals surface area contributed by atoms with Gasteiger partial charge in [-0.1, -0.05) is 113 Å². The Morgan fingerprint density at radius 1 is 0.386 bits per heavy atom. The van der Waals surface area contributed by atoms with Crippen LogP contribution in [0.15, 0.2) is 0 Å². The topological polar surface area (TPSA) is 85.3 Å². The van der Waals surface area contributed by atoms with Gasteiger partial charge in [-0.15, -0.1) is 0 Å². The lowest BCUT2D eigenvalue weighted by Gasteiger charge is -2.12. The Morgan fingerprint density at radius 3 is 1.05 bits per heavy atom. The van der Waals surface area contributed by atoms with Gasteiger partial charge in [0.25, 0.3) is 0 Å². The number of carbonyl (C=O) groups is 5. The van der Waals surface area contributed by atoms with Gasteiger partial charge in [0.1, 0.15) is 28.9 Å². The van der Waals surface area contributed by atoms with E-state index >= 15 is 0 Å². The number of hydrogen-bond acceptors (Lipinski definition) is 5. The molecule has 0 aliphatic carbocycles. The van der Waals surface area contributed by atoms with Crippen LogP contribution in [0.1, 0.15) is 212 Å². The van der Waals surface area contributed by atoms with Gasteiger partial charge >= 0.3 is 0 Å². The molecule has 0 heterocycles. The Balaban J connectivity index is -0.000000147. The largest absolute Gasteiger partial charge is 0.300 e. The Morgan fingerprint density at radius 2 is 0.750 bits per heavy atom. The predicted molar refractivity (Wildman–Crippen MR) is 192 cm³/mol. The van der Waals surface area contributed by atoms with Crippen LogP contribution in [0.3, 0.4) is 0 Å². The van der Waals surface area contributed by atoms with Gasteiger partial charge in [0.05, 0.1) is 0 Å². The minimum absolute atomic E-state index is 0.289. The lowest BCUT2D eigenvalue weighted by Crippen LogP contribution is -2.01. The molecule has 0 spiro atoms. The quantitative estimate of drug-likeness (QED) is 0.112. The van der Waals surface area contributed by atoms with Crippen molar-refractivity contribution >= 4 is 28.9 Å². The van der Waals surface area contributed by atoms with Crippen molar-refractivity contribution in [3.63, 3.8) is 0 Å². The van der Waals surface area contributed by atoms with Gasteiger partial charge in [0.15, 0.2) is 0 Å². The molecule has 0 amide bonds. The number of hydrogen-bond donors (Lipinski definition) is 0. The molecule has 0 aromatic rings. The highest BCUT2D eigenvalue weighted by Crippen LogP contribution is 2.18. The van der Waals surface area contributed by atoms with E-state index in [4.69, 9.17) is 0 Å². The summed E-state index contributed by atoms with van der Waals surface area (Å²) in [6.45, 7) is 23.3. The van der Waals surface area contributed by atoms with Gasteiger partial charge in [0, 0.05) is 32.1 Å². The molecular weight excluding hydrogens is 548 g/mol. The fourth-order valence-electron chi connectivity index (χ4n) is 3.90. The third kappa shape index (κ3) is 72.5. The summed E-state index contributed by atoms with van der Waals surface area (Å²) >= 11 is 0. The van der Waals surface area contributed by atoms with Crippen LogP contribution in [0.25, 0.3) is 0 Å². The predicted octanol–water partition coefficient (Wildman–Crippen LogP) is 12.1. The molecule has 0 rings (SSSR count). The summed E-state index contributed by atoms with van der Waals surface area (Å²) in [4.78, 5) is 51.9. The SMILES string of the molecule is CC(=O)CCC(C)C.CCCC(C)=O.CCCCC(CC)CCC(C)=O.CCCCCC(C)=O.CCCCCCCC(C)=O. The van der Waals surface area contributed by atoms with Crippen LogP contribution in [-0.4, -0.2) is 28.9 Å². The van der Waals surface area contributed by atoms with Gasteiger partial charge in [0.2, 0.25) is 0 Å². The van der Waals surface area contributed by atoms with E-state index in [1.165, 1.54) is 64.2 Å². The number of unbranched alkanes of at least 4 members (excludes halogenated alkanes) is 7. The molecule has 1 atom stereocenters.